The quantitative estimate of drug-likeness (QED) is 0.621. The fourth-order valence-electron chi connectivity index (χ4n) is 2.92. The van der Waals surface area contributed by atoms with Crippen molar-refractivity contribution in [3.05, 3.63) is 0 Å². The van der Waals surface area contributed by atoms with Gasteiger partial charge in [-0.15, -0.1) is 0 Å². The molecule has 0 amide bonds. The molecule has 2 aliphatic heterocycles. The fraction of sp³-hybridized carbons (Fsp3) is 1.00. The summed E-state index contributed by atoms with van der Waals surface area (Å²) >= 11 is 0. The van der Waals surface area contributed by atoms with Crippen LogP contribution < -0.4 is 0 Å². The summed E-state index contributed by atoms with van der Waals surface area (Å²) in [6.07, 6.45) is 5.62. The Morgan fingerprint density at radius 2 is 1.09 bits per heavy atom. The van der Waals surface area contributed by atoms with E-state index in [1.807, 2.05) is 27.7 Å². The number of likely N-dealkylation sites (tertiary alicyclic amines) is 2. The highest BCUT2D eigenvalue weighted by molar-refractivity contribution is 4.71. The third-order valence-corrected chi connectivity index (χ3v) is 4.87. The van der Waals surface area contributed by atoms with Gasteiger partial charge in [-0.2, -0.15) is 0 Å². The van der Waals surface area contributed by atoms with Gasteiger partial charge in [-0.1, -0.05) is 48.5 Å². The summed E-state index contributed by atoms with van der Waals surface area (Å²) in [5.41, 5.74) is 0. The Kier molecular flexibility index (Phi) is 18.3. The molecule has 0 aromatic carbocycles. The monoisotopic (exact) mass is 328 g/mol. The molecule has 0 unspecified atom stereocenters. The normalized spacial score (nSPS) is 20.6. The van der Waals surface area contributed by atoms with Crippen LogP contribution in [0.2, 0.25) is 0 Å². The number of hydrogen-bond acceptors (Lipinski definition) is 2. The van der Waals surface area contributed by atoms with E-state index in [1.54, 1.807) is 0 Å². The molecule has 0 spiro atoms. The summed E-state index contributed by atoms with van der Waals surface area (Å²) < 4.78 is 0. The molecule has 0 saturated carbocycles. The van der Waals surface area contributed by atoms with Gasteiger partial charge in [0.1, 0.15) is 0 Å². The van der Waals surface area contributed by atoms with Gasteiger partial charge < -0.3 is 9.80 Å². The molecule has 2 rings (SSSR count). The first-order valence-corrected chi connectivity index (χ1v) is 10.5. The van der Waals surface area contributed by atoms with Crippen LogP contribution in [0.1, 0.15) is 88.0 Å². The van der Waals surface area contributed by atoms with Gasteiger partial charge >= 0.3 is 0 Å². The van der Waals surface area contributed by atoms with E-state index in [-0.39, 0.29) is 0 Å². The lowest BCUT2D eigenvalue weighted by Gasteiger charge is -2.33. The molecule has 0 aromatic rings. The molecule has 2 heterocycles. The Bertz CT molecular complexity index is 212. The molecular formula is C21H48N2. The smallest absolute Gasteiger partial charge is 0.00385 e. The third kappa shape index (κ3) is 12.9. The lowest BCUT2D eigenvalue weighted by atomic mass is 9.98. The van der Waals surface area contributed by atoms with Crippen LogP contribution in [-0.2, 0) is 0 Å². The van der Waals surface area contributed by atoms with Crippen molar-refractivity contribution in [3.8, 4) is 0 Å². The number of hydrogen-bond donors (Lipinski definition) is 0. The minimum Gasteiger partial charge on any atom is -0.304 e. The van der Waals surface area contributed by atoms with Crippen LogP contribution in [0.3, 0.4) is 0 Å². The third-order valence-electron chi connectivity index (χ3n) is 4.87. The van der Waals surface area contributed by atoms with Crippen LogP contribution >= 0.6 is 0 Å². The van der Waals surface area contributed by atoms with Gasteiger partial charge in [0.25, 0.3) is 0 Å². The second kappa shape index (κ2) is 16.8. The SMILES string of the molecule is CC.CC.CC1CCN(C(C)C)CC1.CCN1CCC(C)CC1. The van der Waals surface area contributed by atoms with Crippen molar-refractivity contribution in [3.63, 3.8) is 0 Å². The Hall–Kier alpha value is -0.0800. The molecule has 2 fully saturated rings. The van der Waals surface area contributed by atoms with Crippen LogP contribution in [-0.4, -0.2) is 48.6 Å². The summed E-state index contributed by atoms with van der Waals surface area (Å²) in [6.45, 7) is 26.1. The minimum atomic E-state index is 0.757. The summed E-state index contributed by atoms with van der Waals surface area (Å²) in [4.78, 5) is 5.10. The maximum Gasteiger partial charge on any atom is 0.00385 e. The van der Waals surface area contributed by atoms with Crippen molar-refractivity contribution >= 4 is 0 Å². The molecule has 2 nitrogen and oxygen atoms in total. The molecule has 0 N–H and O–H groups in total. The van der Waals surface area contributed by atoms with Crippen molar-refractivity contribution in [1.82, 2.24) is 9.80 Å². The highest BCUT2D eigenvalue weighted by Gasteiger charge is 2.16. The topological polar surface area (TPSA) is 6.48 Å². The van der Waals surface area contributed by atoms with Crippen LogP contribution in [0.25, 0.3) is 0 Å². The summed E-state index contributed by atoms with van der Waals surface area (Å²) in [5, 5.41) is 0. The maximum atomic E-state index is 2.57. The first kappa shape index (κ1) is 25.2. The van der Waals surface area contributed by atoms with Gasteiger partial charge in [-0.3, -0.25) is 0 Å². The Labute approximate surface area is 149 Å². The van der Waals surface area contributed by atoms with Crippen LogP contribution in [0.4, 0.5) is 0 Å². The molecule has 2 saturated heterocycles. The van der Waals surface area contributed by atoms with Gasteiger partial charge in [0.15, 0.2) is 0 Å². The molecule has 0 aliphatic carbocycles. The van der Waals surface area contributed by atoms with E-state index in [0.717, 1.165) is 17.9 Å². The van der Waals surface area contributed by atoms with Gasteiger partial charge in [-0.25, -0.2) is 0 Å². The lowest BCUT2D eigenvalue weighted by Crippen LogP contribution is -2.37. The summed E-state index contributed by atoms with van der Waals surface area (Å²) in [5.74, 6) is 1.95. The van der Waals surface area contributed by atoms with E-state index in [2.05, 4.69) is 44.4 Å². The molecule has 2 aliphatic rings. The molecule has 0 radical (unpaired) electrons. The van der Waals surface area contributed by atoms with Crippen molar-refractivity contribution < 1.29 is 0 Å². The van der Waals surface area contributed by atoms with E-state index in [1.165, 1.54) is 58.4 Å². The van der Waals surface area contributed by atoms with Crippen molar-refractivity contribution in [1.29, 1.82) is 0 Å². The van der Waals surface area contributed by atoms with Crippen molar-refractivity contribution in [2.75, 3.05) is 32.7 Å². The predicted molar refractivity (Wildman–Crippen MR) is 108 cm³/mol. The van der Waals surface area contributed by atoms with Crippen LogP contribution in [0.5, 0.6) is 0 Å². The first-order chi connectivity index (χ1) is 11.0. The van der Waals surface area contributed by atoms with Crippen LogP contribution in [0.15, 0.2) is 0 Å². The lowest BCUT2D eigenvalue weighted by molar-refractivity contribution is 0.156. The standard InChI is InChI=1S/C9H19N.C8H17N.2C2H6/c1-8(2)10-6-4-9(3)5-7-10;1-3-9-6-4-8(2)5-7-9;2*1-2/h8-9H,4-7H2,1-3H3;8H,3-7H2,1-2H3;2*1-2H3. The number of rotatable bonds is 2. The van der Waals surface area contributed by atoms with Gasteiger partial charge in [0, 0.05) is 6.04 Å². The van der Waals surface area contributed by atoms with Crippen LogP contribution in [0, 0.1) is 11.8 Å². The minimum absolute atomic E-state index is 0.757. The molecular weight excluding hydrogens is 280 g/mol. The largest absolute Gasteiger partial charge is 0.304 e. The summed E-state index contributed by atoms with van der Waals surface area (Å²) in [7, 11) is 0. The molecule has 142 valence electrons. The Morgan fingerprint density at radius 3 is 1.39 bits per heavy atom. The fourth-order valence-corrected chi connectivity index (χ4v) is 2.92. The second-order valence-corrected chi connectivity index (χ2v) is 6.93. The molecule has 0 bridgehead atoms. The molecule has 0 atom stereocenters. The van der Waals surface area contributed by atoms with E-state index in [9.17, 15) is 0 Å². The zero-order valence-electron chi connectivity index (χ0n) is 18.0. The first-order valence-electron chi connectivity index (χ1n) is 10.5. The second-order valence-electron chi connectivity index (χ2n) is 6.93. The number of piperidine rings is 2. The highest BCUT2D eigenvalue weighted by atomic mass is 15.1. The van der Waals surface area contributed by atoms with E-state index < -0.39 is 0 Å². The maximum absolute atomic E-state index is 2.57. The molecule has 2 heteroatoms. The molecule has 23 heavy (non-hydrogen) atoms. The van der Waals surface area contributed by atoms with E-state index in [4.69, 9.17) is 0 Å². The average molecular weight is 329 g/mol. The zero-order valence-corrected chi connectivity index (χ0v) is 18.0. The van der Waals surface area contributed by atoms with E-state index >= 15 is 0 Å². The van der Waals surface area contributed by atoms with Crippen molar-refractivity contribution in [2.24, 2.45) is 11.8 Å². The average Bonchev–Trinajstić information content (AvgIpc) is 2.60. The highest BCUT2D eigenvalue weighted by Crippen LogP contribution is 2.17. The van der Waals surface area contributed by atoms with Gasteiger partial charge in [0.05, 0.1) is 0 Å². The molecule has 0 aromatic heterocycles. The predicted octanol–water partition coefficient (Wildman–Crippen LogP) is 5.92. The Balaban J connectivity index is 0. The zero-order chi connectivity index (χ0) is 18.3. The van der Waals surface area contributed by atoms with Gasteiger partial charge in [0.2, 0.25) is 0 Å². The Morgan fingerprint density at radius 1 is 0.739 bits per heavy atom. The van der Waals surface area contributed by atoms with E-state index in [0.29, 0.717) is 0 Å². The summed E-state index contributed by atoms with van der Waals surface area (Å²) in [6, 6.07) is 0.757. The van der Waals surface area contributed by atoms with Gasteiger partial charge in [-0.05, 0) is 84.1 Å². The number of nitrogens with zero attached hydrogens (tertiary/aromatic N) is 2. The van der Waals surface area contributed by atoms with Crippen molar-refractivity contribution in [2.45, 2.75) is 94.0 Å².